The van der Waals surface area contributed by atoms with E-state index in [1.54, 1.807) is 24.4 Å². The summed E-state index contributed by atoms with van der Waals surface area (Å²) < 4.78 is 0. The highest BCUT2D eigenvalue weighted by atomic mass is 16.2. The van der Waals surface area contributed by atoms with Crippen LogP contribution in [-0.2, 0) is 6.42 Å². The van der Waals surface area contributed by atoms with Crippen LogP contribution in [0, 0.1) is 6.92 Å². The fourth-order valence-electron chi connectivity index (χ4n) is 3.47. The zero-order valence-electron chi connectivity index (χ0n) is 15.9. The molecule has 2 aromatic rings. The minimum atomic E-state index is -0.364. The molecule has 0 radical (unpaired) electrons. The second kappa shape index (κ2) is 7.07. The largest absolute Gasteiger partial charge is 0.335 e. The number of rotatable bonds is 5. The molecule has 1 aliphatic heterocycles. The molecular formula is C21H22N4O3. The first-order chi connectivity index (χ1) is 13.4. The summed E-state index contributed by atoms with van der Waals surface area (Å²) in [7, 11) is 0. The van der Waals surface area contributed by atoms with Gasteiger partial charge in [0.2, 0.25) is 0 Å². The summed E-state index contributed by atoms with van der Waals surface area (Å²) in [5.41, 5.74) is 3.26. The molecule has 1 fully saturated rings. The summed E-state index contributed by atoms with van der Waals surface area (Å²) >= 11 is 0. The molecule has 1 saturated carbocycles. The summed E-state index contributed by atoms with van der Waals surface area (Å²) in [4.78, 5) is 42.9. The molecule has 1 aromatic heterocycles. The Balaban J connectivity index is 1.40. The smallest absolute Gasteiger partial charge is 0.319 e. The third-order valence-electron chi connectivity index (χ3n) is 5.08. The maximum Gasteiger partial charge on any atom is 0.319 e. The van der Waals surface area contributed by atoms with Gasteiger partial charge >= 0.3 is 6.03 Å². The Hall–Kier alpha value is -3.22. The molecule has 28 heavy (non-hydrogen) atoms. The van der Waals surface area contributed by atoms with Gasteiger partial charge in [0.05, 0.1) is 11.1 Å². The Bertz CT molecular complexity index is 968. The van der Waals surface area contributed by atoms with Crippen LogP contribution in [0.5, 0.6) is 0 Å². The van der Waals surface area contributed by atoms with Crippen molar-refractivity contribution in [1.29, 1.82) is 0 Å². The van der Waals surface area contributed by atoms with Gasteiger partial charge in [0.25, 0.3) is 11.8 Å². The normalized spacial score (nSPS) is 16.7. The van der Waals surface area contributed by atoms with Gasteiger partial charge in [-0.05, 0) is 56.5 Å². The Kier molecular flexibility index (Phi) is 4.58. The number of carbonyl (C=O) groups is 3. The van der Waals surface area contributed by atoms with Crippen LogP contribution in [-0.4, -0.2) is 39.8 Å². The molecule has 4 rings (SSSR count). The molecule has 2 aliphatic rings. The number of anilines is 1. The highest BCUT2D eigenvalue weighted by Crippen LogP contribution is 2.35. The van der Waals surface area contributed by atoms with Crippen molar-refractivity contribution in [1.82, 2.24) is 15.2 Å². The molecule has 7 heteroatoms. The number of aromatic nitrogens is 1. The molecule has 4 amide bonds. The molecule has 1 aromatic carbocycles. The van der Waals surface area contributed by atoms with Gasteiger partial charge in [0.15, 0.2) is 0 Å². The monoisotopic (exact) mass is 378 g/mol. The van der Waals surface area contributed by atoms with Gasteiger partial charge in [-0.3, -0.25) is 19.5 Å². The number of benzene rings is 1. The van der Waals surface area contributed by atoms with E-state index in [0.29, 0.717) is 23.2 Å². The van der Waals surface area contributed by atoms with E-state index < -0.39 is 0 Å². The molecular weight excluding hydrogens is 356 g/mol. The van der Waals surface area contributed by atoms with Crippen LogP contribution in [0.4, 0.5) is 10.5 Å². The predicted molar refractivity (Wildman–Crippen MR) is 104 cm³/mol. The summed E-state index contributed by atoms with van der Waals surface area (Å²) in [6.07, 6.45) is 4.09. The number of fused-ring (bicyclic) bond motifs is 1. The van der Waals surface area contributed by atoms with Crippen molar-refractivity contribution in [3.63, 3.8) is 0 Å². The van der Waals surface area contributed by atoms with Gasteiger partial charge in [-0.25, -0.2) is 4.79 Å². The van der Waals surface area contributed by atoms with Crippen LogP contribution in [0.3, 0.4) is 0 Å². The van der Waals surface area contributed by atoms with E-state index in [1.165, 1.54) is 4.90 Å². The first kappa shape index (κ1) is 18.2. The quantitative estimate of drug-likeness (QED) is 0.783. The third-order valence-corrected chi connectivity index (χ3v) is 5.08. The zero-order chi connectivity index (χ0) is 19.8. The number of pyridine rings is 1. The van der Waals surface area contributed by atoms with Crippen molar-refractivity contribution >= 4 is 23.5 Å². The van der Waals surface area contributed by atoms with Crippen LogP contribution in [0.1, 0.15) is 51.7 Å². The van der Waals surface area contributed by atoms with Crippen molar-refractivity contribution in [3.8, 4) is 0 Å². The van der Waals surface area contributed by atoms with Crippen LogP contribution in [0.25, 0.3) is 0 Å². The number of hydrogen-bond donors (Lipinski definition) is 2. The average Bonchev–Trinajstić information content (AvgIpc) is 3.44. The van der Waals surface area contributed by atoms with Gasteiger partial charge < -0.3 is 10.6 Å². The van der Waals surface area contributed by atoms with Gasteiger partial charge in [0, 0.05) is 36.1 Å². The Morgan fingerprint density at radius 2 is 1.96 bits per heavy atom. The number of hydrogen-bond acceptors (Lipinski definition) is 4. The van der Waals surface area contributed by atoms with Gasteiger partial charge in [0.1, 0.15) is 0 Å². The number of amides is 4. The van der Waals surface area contributed by atoms with E-state index in [2.05, 4.69) is 15.6 Å². The fourth-order valence-corrected chi connectivity index (χ4v) is 3.47. The van der Waals surface area contributed by atoms with Crippen LogP contribution >= 0.6 is 0 Å². The highest BCUT2D eigenvalue weighted by molar-refractivity contribution is 6.22. The minimum absolute atomic E-state index is 0.0306. The lowest BCUT2D eigenvalue weighted by Crippen LogP contribution is -2.37. The maximum absolute atomic E-state index is 12.5. The SMILES string of the molecule is Cc1cccnc1C[C@@H](C)NC(=O)Nc1ccc2c(c1)C(=O)N(C1CC1)C2=O. The highest BCUT2D eigenvalue weighted by Gasteiger charge is 2.44. The van der Waals surface area contributed by atoms with E-state index in [9.17, 15) is 14.4 Å². The first-order valence-electron chi connectivity index (χ1n) is 9.44. The van der Waals surface area contributed by atoms with E-state index in [1.807, 2.05) is 26.0 Å². The van der Waals surface area contributed by atoms with Crippen LogP contribution in [0.15, 0.2) is 36.5 Å². The van der Waals surface area contributed by atoms with E-state index in [4.69, 9.17) is 0 Å². The third kappa shape index (κ3) is 3.47. The van der Waals surface area contributed by atoms with E-state index in [0.717, 1.165) is 24.1 Å². The molecule has 0 unspecified atom stereocenters. The number of carbonyl (C=O) groups excluding carboxylic acids is 3. The second-order valence-electron chi connectivity index (χ2n) is 7.44. The molecule has 1 atom stereocenters. The van der Waals surface area contributed by atoms with Crippen molar-refractivity contribution in [2.45, 2.75) is 45.2 Å². The van der Waals surface area contributed by atoms with Crippen molar-refractivity contribution in [2.75, 3.05) is 5.32 Å². The number of nitrogens with one attached hydrogen (secondary N) is 2. The molecule has 1 aliphatic carbocycles. The van der Waals surface area contributed by atoms with Crippen molar-refractivity contribution < 1.29 is 14.4 Å². The summed E-state index contributed by atoms with van der Waals surface area (Å²) in [5.74, 6) is -0.511. The molecule has 2 heterocycles. The fraction of sp³-hybridized carbons (Fsp3) is 0.333. The van der Waals surface area contributed by atoms with E-state index >= 15 is 0 Å². The van der Waals surface area contributed by atoms with Crippen LogP contribution in [0.2, 0.25) is 0 Å². The lowest BCUT2D eigenvalue weighted by molar-refractivity contribution is 0.0642. The molecule has 144 valence electrons. The molecule has 0 bridgehead atoms. The summed E-state index contributed by atoms with van der Waals surface area (Å²) in [6, 6.07) is 8.25. The topological polar surface area (TPSA) is 91.4 Å². The van der Waals surface area contributed by atoms with Crippen molar-refractivity contribution in [2.24, 2.45) is 0 Å². The van der Waals surface area contributed by atoms with Gasteiger partial charge in [-0.1, -0.05) is 6.07 Å². The Morgan fingerprint density at radius 1 is 1.21 bits per heavy atom. The molecule has 0 saturated heterocycles. The minimum Gasteiger partial charge on any atom is -0.335 e. The van der Waals surface area contributed by atoms with Crippen LogP contribution < -0.4 is 10.6 Å². The zero-order valence-corrected chi connectivity index (χ0v) is 15.9. The van der Waals surface area contributed by atoms with Gasteiger partial charge in [-0.2, -0.15) is 0 Å². The summed E-state index contributed by atoms with van der Waals surface area (Å²) in [5, 5.41) is 5.62. The second-order valence-corrected chi connectivity index (χ2v) is 7.44. The number of imide groups is 1. The maximum atomic E-state index is 12.5. The predicted octanol–water partition coefficient (Wildman–Crippen LogP) is 2.90. The lowest BCUT2D eigenvalue weighted by atomic mass is 10.1. The molecule has 0 spiro atoms. The lowest BCUT2D eigenvalue weighted by Gasteiger charge is -2.15. The number of aryl methyl sites for hydroxylation is 1. The average molecular weight is 378 g/mol. The van der Waals surface area contributed by atoms with Gasteiger partial charge in [-0.15, -0.1) is 0 Å². The number of urea groups is 1. The summed E-state index contributed by atoms with van der Waals surface area (Å²) in [6.45, 7) is 3.90. The Labute approximate surface area is 163 Å². The first-order valence-corrected chi connectivity index (χ1v) is 9.44. The standard InChI is InChI=1S/C21H22N4O3/c1-12-4-3-9-22-18(12)10-13(2)23-21(28)24-14-5-8-16-17(11-14)20(27)25(19(16)26)15-6-7-15/h3-5,8-9,11,13,15H,6-7,10H2,1-2H3,(H2,23,24,28)/t13-/m1/s1. The van der Waals surface area contributed by atoms with Crippen molar-refractivity contribution in [3.05, 3.63) is 58.9 Å². The molecule has 2 N–H and O–H groups in total. The van der Waals surface area contributed by atoms with E-state index in [-0.39, 0.29) is 29.9 Å². The number of nitrogens with zero attached hydrogens (tertiary/aromatic N) is 2. The Morgan fingerprint density at radius 3 is 2.68 bits per heavy atom. The molecule has 7 nitrogen and oxygen atoms in total.